The summed E-state index contributed by atoms with van der Waals surface area (Å²) in [6.07, 6.45) is 5.35. The van der Waals surface area contributed by atoms with Crippen LogP contribution in [0.4, 0.5) is 0 Å². The molecular formula is C20H19N3O3. The number of hydrogen-bond acceptors (Lipinski definition) is 5. The SMILES string of the molecule is O=C(CCc1nc(-c2ccco2)no1)N1CC=C(c2ccccc2)CC1. The van der Waals surface area contributed by atoms with E-state index in [0.717, 1.165) is 13.0 Å². The van der Waals surface area contributed by atoms with Crippen LogP contribution in [-0.2, 0) is 11.2 Å². The van der Waals surface area contributed by atoms with Crippen molar-refractivity contribution in [3.63, 3.8) is 0 Å². The summed E-state index contributed by atoms with van der Waals surface area (Å²) in [4.78, 5) is 18.6. The second kappa shape index (κ2) is 7.39. The standard InChI is InChI=1S/C20H19N3O3/c24-19(9-8-18-21-20(22-26-18)17-7-4-14-25-17)23-12-10-16(11-13-23)15-5-2-1-3-6-15/h1-7,10,14H,8-9,11-13H2. The molecule has 3 heterocycles. The minimum atomic E-state index is 0.103. The first-order valence-electron chi connectivity index (χ1n) is 8.68. The molecule has 4 rings (SSSR count). The van der Waals surface area contributed by atoms with Crippen LogP contribution < -0.4 is 0 Å². The van der Waals surface area contributed by atoms with Crippen molar-refractivity contribution in [3.8, 4) is 11.6 Å². The number of rotatable bonds is 5. The van der Waals surface area contributed by atoms with Crippen molar-refractivity contribution in [2.45, 2.75) is 19.3 Å². The number of furan rings is 1. The van der Waals surface area contributed by atoms with Crippen LogP contribution in [-0.4, -0.2) is 34.0 Å². The van der Waals surface area contributed by atoms with Crippen molar-refractivity contribution in [2.24, 2.45) is 0 Å². The van der Waals surface area contributed by atoms with Crippen LogP contribution in [0.15, 0.2) is 63.7 Å². The molecule has 2 aromatic heterocycles. The van der Waals surface area contributed by atoms with Gasteiger partial charge in [-0.1, -0.05) is 41.6 Å². The summed E-state index contributed by atoms with van der Waals surface area (Å²) in [6.45, 7) is 1.38. The molecule has 1 aliphatic heterocycles. The lowest BCUT2D eigenvalue weighted by Crippen LogP contribution is -2.34. The molecule has 0 spiro atoms. The average molecular weight is 349 g/mol. The fourth-order valence-electron chi connectivity index (χ4n) is 3.04. The van der Waals surface area contributed by atoms with Gasteiger partial charge >= 0.3 is 0 Å². The van der Waals surface area contributed by atoms with Gasteiger partial charge in [-0.3, -0.25) is 4.79 Å². The fourth-order valence-corrected chi connectivity index (χ4v) is 3.04. The highest BCUT2D eigenvalue weighted by Gasteiger charge is 2.19. The average Bonchev–Trinajstić information content (AvgIpc) is 3.38. The maximum Gasteiger partial charge on any atom is 0.238 e. The van der Waals surface area contributed by atoms with E-state index in [-0.39, 0.29) is 5.91 Å². The lowest BCUT2D eigenvalue weighted by atomic mass is 9.99. The molecule has 0 N–H and O–H groups in total. The van der Waals surface area contributed by atoms with Crippen molar-refractivity contribution in [2.75, 3.05) is 13.1 Å². The van der Waals surface area contributed by atoms with Crippen LogP contribution in [0.1, 0.15) is 24.3 Å². The largest absolute Gasteiger partial charge is 0.461 e. The number of carbonyl (C=O) groups is 1. The molecule has 0 unspecified atom stereocenters. The van der Waals surface area contributed by atoms with Gasteiger partial charge in [0.15, 0.2) is 5.76 Å². The number of aryl methyl sites for hydroxylation is 1. The summed E-state index contributed by atoms with van der Waals surface area (Å²) >= 11 is 0. The molecule has 0 aliphatic carbocycles. The van der Waals surface area contributed by atoms with Crippen LogP contribution in [0.3, 0.4) is 0 Å². The molecular weight excluding hydrogens is 330 g/mol. The minimum Gasteiger partial charge on any atom is -0.461 e. The van der Waals surface area contributed by atoms with Gasteiger partial charge in [0.1, 0.15) is 0 Å². The van der Waals surface area contributed by atoms with Crippen LogP contribution in [0.5, 0.6) is 0 Å². The van der Waals surface area contributed by atoms with Gasteiger partial charge in [-0.05, 0) is 29.7 Å². The topological polar surface area (TPSA) is 72.4 Å². The lowest BCUT2D eigenvalue weighted by molar-refractivity contribution is -0.130. The molecule has 3 aromatic rings. The summed E-state index contributed by atoms with van der Waals surface area (Å²) in [5.74, 6) is 1.51. The Bertz CT molecular complexity index is 898. The first-order chi connectivity index (χ1) is 12.8. The van der Waals surface area contributed by atoms with Crippen molar-refractivity contribution in [3.05, 3.63) is 66.3 Å². The second-order valence-electron chi connectivity index (χ2n) is 6.17. The van der Waals surface area contributed by atoms with Crippen molar-refractivity contribution in [1.82, 2.24) is 15.0 Å². The Morgan fingerprint density at radius 2 is 2.04 bits per heavy atom. The summed E-state index contributed by atoms with van der Waals surface area (Å²) in [5, 5.41) is 3.88. The molecule has 0 saturated carbocycles. The summed E-state index contributed by atoms with van der Waals surface area (Å²) in [6, 6.07) is 13.8. The molecule has 0 radical (unpaired) electrons. The molecule has 1 aromatic carbocycles. The Labute approximate surface area is 151 Å². The van der Waals surface area contributed by atoms with Crippen molar-refractivity contribution < 1.29 is 13.7 Å². The number of hydrogen-bond donors (Lipinski definition) is 0. The number of carbonyl (C=O) groups excluding carboxylic acids is 1. The number of nitrogens with zero attached hydrogens (tertiary/aromatic N) is 3. The van der Waals surface area contributed by atoms with E-state index in [2.05, 4.69) is 28.3 Å². The van der Waals surface area contributed by atoms with Gasteiger partial charge in [-0.15, -0.1) is 0 Å². The van der Waals surface area contributed by atoms with E-state index in [4.69, 9.17) is 8.94 Å². The Hall–Kier alpha value is -3.15. The number of amides is 1. The van der Waals surface area contributed by atoms with Gasteiger partial charge in [0.2, 0.25) is 17.6 Å². The highest BCUT2D eigenvalue weighted by atomic mass is 16.5. The predicted octanol–water partition coefficient (Wildman–Crippen LogP) is 3.58. The zero-order valence-corrected chi connectivity index (χ0v) is 14.3. The van der Waals surface area contributed by atoms with E-state index in [1.165, 1.54) is 11.1 Å². The van der Waals surface area contributed by atoms with Crippen LogP contribution in [0.25, 0.3) is 17.2 Å². The zero-order valence-electron chi connectivity index (χ0n) is 14.3. The van der Waals surface area contributed by atoms with E-state index in [0.29, 0.717) is 36.9 Å². The van der Waals surface area contributed by atoms with E-state index < -0.39 is 0 Å². The van der Waals surface area contributed by atoms with E-state index in [1.54, 1.807) is 18.4 Å². The monoisotopic (exact) mass is 349 g/mol. The van der Waals surface area contributed by atoms with Crippen LogP contribution >= 0.6 is 0 Å². The third kappa shape index (κ3) is 3.59. The summed E-state index contributed by atoms with van der Waals surface area (Å²) in [5.41, 5.74) is 2.53. The van der Waals surface area contributed by atoms with Crippen LogP contribution in [0.2, 0.25) is 0 Å². The van der Waals surface area contributed by atoms with Crippen molar-refractivity contribution in [1.29, 1.82) is 0 Å². The van der Waals surface area contributed by atoms with E-state index in [1.807, 2.05) is 23.1 Å². The summed E-state index contributed by atoms with van der Waals surface area (Å²) in [7, 11) is 0. The Morgan fingerprint density at radius 3 is 2.77 bits per heavy atom. The van der Waals surface area contributed by atoms with Gasteiger partial charge in [-0.2, -0.15) is 4.98 Å². The lowest BCUT2D eigenvalue weighted by Gasteiger charge is -2.26. The first-order valence-corrected chi connectivity index (χ1v) is 8.68. The summed E-state index contributed by atoms with van der Waals surface area (Å²) < 4.78 is 10.4. The third-order valence-corrected chi connectivity index (χ3v) is 4.47. The Morgan fingerprint density at radius 1 is 1.15 bits per heavy atom. The maximum absolute atomic E-state index is 12.4. The number of benzene rings is 1. The van der Waals surface area contributed by atoms with Gasteiger partial charge < -0.3 is 13.8 Å². The highest BCUT2D eigenvalue weighted by Crippen LogP contribution is 2.22. The van der Waals surface area contributed by atoms with Crippen LogP contribution in [0, 0.1) is 0 Å². The minimum absolute atomic E-state index is 0.103. The molecule has 0 bridgehead atoms. The van der Waals surface area contributed by atoms with E-state index >= 15 is 0 Å². The molecule has 0 saturated heterocycles. The zero-order chi connectivity index (χ0) is 17.8. The smallest absolute Gasteiger partial charge is 0.238 e. The third-order valence-electron chi connectivity index (χ3n) is 4.47. The predicted molar refractivity (Wildman–Crippen MR) is 95.9 cm³/mol. The molecule has 1 aliphatic rings. The second-order valence-corrected chi connectivity index (χ2v) is 6.17. The van der Waals surface area contributed by atoms with Crippen molar-refractivity contribution >= 4 is 11.5 Å². The molecule has 1 amide bonds. The Balaban J connectivity index is 1.31. The molecule has 26 heavy (non-hydrogen) atoms. The van der Waals surface area contributed by atoms with Gasteiger partial charge in [0.05, 0.1) is 6.26 Å². The molecule has 0 fully saturated rings. The maximum atomic E-state index is 12.4. The molecule has 132 valence electrons. The van der Waals surface area contributed by atoms with Gasteiger partial charge in [-0.25, -0.2) is 0 Å². The highest BCUT2D eigenvalue weighted by molar-refractivity contribution is 5.78. The Kier molecular flexibility index (Phi) is 4.64. The quantitative estimate of drug-likeness (QED) is 0.704. The molecule has 0 atom stereocenters. The molecule has 6 heteroatoms. The van der Waals surface area contributed by atoms with E-state index in [9.17, 15) is 4.79 Å². The normalized spacial score (nSPS) is 14.3. The number of aromatic nitrogens is 2. The first kappa shape index (κ1) is 16.3. The van der Waals surface area contributed by atoms with Gasteiger partial charge in [0.25, 0.3) is 0 Å². The van der Waals surface area contributed by atoms with Gasteiger partial charge in [0, 0.05) is 25.9 Å². The fraction of sp³-hybridized carbons (Fsp3) is 0.250. The molecule has 6 nitrogen and oxygen atoms in total.